The Morgan fingerprint density at radius 3 is 2.61 bits per heavy atom. The molecule has 0 unspecified atom stereocenters. The van der Waals surface area contributed by atoms with Crippen LogP contribution in [0.25, 0.3) is 11.3 Å². The second-order valence-corrected chi connectivity index (χ2v) is 4.68. The van der Waals surface area contributed by atoms with Gasteiger partial charge in [-0.1, -0.05) is 19.1 Å². The van der Waals surface area contributed by atoms with Gasteiger partial charge in [0.2, 0.25) is 0 Å². The Kier molecular flexibility index (Phi) is 4.04. The number of nitrogens with zero attached hydrogens (tertiary/aromatic N) is 4. The predicted octanol–water partition coefficient (Wildman–Crippen LogP) is 1.88. The van der Waals surface area contributed by atoms with Gasteiger partial charge < -0.3 is 5.11 Å². The molecule has 0 radical (unpaired) electrons. The van der Waals surface area contributed by atoms with Gasteiger partial charge in [0, 0.05) is 24.5 Å². The molecule has 0 saturated carbocycles. The van der Waals surface area contributed by atoms with Gasteiger partial charge in [0.25, 0.3) is 0 Å². The number of pyridine rings is 1. The smallest absolute Gasteiger partial charge is 0.116 e. The molecule has 0 atom stereocenters. The maximum absolute atomic E-state index is 9.34. The summed E-state index contributed by atoms with van der Waals surface area (Å²) >= 11 is 0. The summed E-state index contributed by atoms with van der Waals surface area (Å²) in [7, 11) is 0. The summed E-state index contributed by atoms with van der Waals surface area (Å²) in [6.07, 6.45) is 4.50. The first-order valence-corrected chi connectivity index (χ1v) is 6.16. The monoisotopic (exact) mass is 246 g/mol. The van der Waals surface area contributed by atoms with Gasteiger partial charge in [-0.15, -0.1) is 5.10 Å². The lowest BCUT2D eigenvalue weighted by atomic mass is 10.1. The van der Waals surface area contributed by atoms with Crippen LogP contribution in [-0.2, 0) is 13.2 Å². The van der Waals surface area contributed by atoms with Gasteiger partial charge >= 0.3 is 0 Å². The quantitative estimate of drug-likeness (QED) is 0.874. The van der Waals surface area contributed by atoms with E-state index in [1.54, 1.807) is 12.4 Å². The highest BCUT2D eigenvalue weighted by atomic mass is 16.3. The standard InChI is InChI=1S/C13H18N4O/c1-10(2)5-8-17-13(12(9-18)15-16-17)11-3-6-14-7-4-11/h3-4,6-7,10,18H,5,8-9H2,1-2H3. The first kappa shape index (κ1) is 12.7. The van der Waals surface area contributed by atoms with E-state index < -0.39 is 0 Å². The SMILES string of the molecule is CC(C)CCn1nnc(CO)c1-c1ccncc1. The molecule has 2 aromatic heterocycles. The maximum atomic E-state index is 9.34. The Labute approximate surface area is 106 Å². The van der Waals surface area contributed by atoms with E-state index in [9.17, 15) is 5.11 Å². The number of aliphatic hydroxyl groups is 1. The van der Waals surface area contributed by atoms with Crippen molar-refractivity contribution in [2.45, 2.75) is 33.4 Å². The maximum Gasteiger partial charge on any atom is 0.116 e. The van der Waals surface area contributed by atoms with Crippen LogP contribution in [0, 0.1) is 5.92 Å². The lowest BCUT2D eigenvalue weighted by Gasteiger charge is -2.09. The van der Waals surface area contributed by atoms with Gasteiger partial charge in [-0.25, -0.2) is 4.68 Å². The number of hydrogen-bond acceptors (Lipinski definition) is 4. The van der Waals surface area contributed by atoms with E-state index in [0.29, 0.717) is 11.6 Å². The molecule has 0 bridgehead atoms. The number of aromatic nitrogens is 4. The van der Waals surface area contributed by atoms with Crippen LogP contribution in [-0.4, -0.2) is 25.1 Å². The lowest BCUT2D eigenvalue weighted by Crippen LogP contribution is -2.05. The van der Waals surface area contributed by atoms with E-state index >= 15 is 0 Å². The van der Waals surface area contributed by atoms with Gasteiger partial charge in [0.15, 0.2) is 0 Å². The molecule has 0 aliphatic heterocycles. The molecule has 0 aromatic carbocycles. The number of hydrogen-bond donors (Lipinski definition) is 1. The van der Waals surface area contributed by atoms with E-state index in [1.807, 2.05) is 16.8 Å². The van der Waals surface area contributed by atoms with Crippen molar-refractivity contribution in [1.29, 1.82) is 0 Å². The minimum atomic E-state index is -0.0979. The Balaban J connectivity index is 2.34. The molecular formula is C13H18N4O. The van der Waals surface area contributed by atoms with Crippen molar-refractivity contribution in [1.82, 2.24) is 20.0 Å². The van der Waals surface area contributed by atoms with Crippen molar-refractivity contribution in [2.75, 3.05) is 0 Å². The summed E-state index contributed by atoms with van der Waals surface area (Å²) in [6.45, 7) is 5.06. The van der Waals surface area contributed by atoms with Crippen LogP contribution >= 0.6 is 0 Å². The van der Waals surface area contributed by atoms with Gasteiger partial charge in [-0.3, -0.25) is 4.98 Å². The topological polar surface area (TPSA) is 63.8 Å². The summed E-state index contributed by atoms with van der Waals surface area (Å²) in [4.78, 5) is 4.00. The molecule has 1 N–H and O–H groups in total. The zero-order valence-electron chi connectivity index (χ0n) is 10.7. The Bertz CT molecular complexity index is 493. The van der Waals surface area contributed by atoms with Crippen LogP contribution in [0.5, 0.6) is 0 Å². The normalized spacial score (nSPS) is 11.1. The van der Waals surface area contributed by atoms with Gasteiger partial charge in [0.1, 0.15) is 5.69 Å². The molecule has 0 aliphatic rings. The number of aliphatic hydroxyl groups excluding tert-OH is 1. The van der Waals surface area contributed by atoms with Crippen molar-refractivity contribution >= 4 is 0 Å². The number of rotatable bonds is 5. The largest absolute Gasteiger partial charge is 0.390 e. The van der Waals surface area contributed by atoms with Crippen LogP contribution in [0.2, 0.25) is 0 Å². The third-order valence-corrected chi connectivity index (χ3v) is 2.83. The third kappa shape index (κ3) is 2.73. The molecule has 5 nitrogen and oxygen atoms in total. The molecule has 2 rings (SSSR count). The predicted molar refractivity (Wildman–Crippen MR) is 68.6 cm³/mol. The van der Waals surface area contributed by atoms with Crippen LogP contribution in [0.4, 0.5) is 0 Å². The van der Waals surface area contributed by atoms with Crippen molar-refractivity contribution in [3.05, 3.63) is 30.2 Å². The fourth-order valence-electron chi connectivity index (χ4n) is 1.82. The first-order chi connectivity index (χ1) is 8.72. The molecule has 96 valence electrons. The summed E-state index contributed by atoms with van der Waals surface area (Å²) in [5.74, 6) is 0.608. The lowest BCUT2D eigenvalue weighted by molar-refractivity contribution is 0.277. The molecular weight excluding hydrogens is 228 g/mol. The Morgan fingerprint density at radius 1 is 1.28 bits per heavy atom. The molecule has 0 fully saturated rings. The molecule has 0 spiro atoms. The van der Waals surface area contributed by atoms with Crippen molar-refractivity contribution in [3.8, 4) is 11.3 Å². The van der Waals surface area contributed by atoms with E-state index in [2.05, 4.69) is 29.1 Å². The molecule has 18 heavy (non-hydrogen) atoms. The highest BCUT2D eigenvalue weighted by Crippen LogP contribution is 2.22. The first-order valence-electron chi connectivity index (χ1n) is 6.16. The Morgan fingerprint density at radius 2 is 2.00 bits per heavy atom. The van der Waals surface area contributed by atoms with E-state index in [0.717, 1.165) is 24.2 Å². The van der Waals surface area contributed by atoms with Crippen LogP contribution in [0.15, 0.2) is 24.5 Å². The number of aryl methyl sites for hydroxylation is 1. The molecule has 0 amide bonds. The highest BCUT2D eigenvalue weighted by Gasteiger charge is 2.14. The summed E-state index contributed by atoms with van der Waals surface area (Å²) in [5, 5.41) is 17.5. The fraction of sp³-hybridized carbons (Fsp3) is 0.462. The van der Waals surface area contributed by atoms with Gasteiger partial charge in [-0.2, -0.15) is 0 Å². The summed E-state index contributed by atoms with van der Waals surface area (Å²) < 4.78 is 1.86. The molecule has 2 aromatic rings. The molecule has 5 heteroatoms. The fourth-order valence-corrected chi connectivity index (χ4v) is 1.82. The zero-order valence-corrected chi connectivity index (χ0v) is 10.7. The molecule has 0 aliphatic carbocycles. The molecule has 0 saturated heterocycles. The average Bonchev–Trinajstić information content (AvgIpc) is 2.80. The van der Waals surface area contributed by atoms with Crippen LogP contribution < -0.4 is 0 Å². The highest BCUT2D eigenvalue weighted by molar-refractivity contribution is 5.60. The Hall–Kier alpha value is -1.75. The van der Waals surface area contributed by atoms with Gasteiger partial charge in [-0.05, 0) is 24.5 Å². The van der Waals surface area contributed by atoms with E-state index in [-0.39, 0.29) is 6.61 Å². The van der Waals surface area contributed by atoms with Crippen LogP contribution in [0.1, 0.15) is 26.0 Å². The molecule has 2 heterocycles. The third-order valence-electron chi connectivity index (χ3n) is 2.83. The van der Waals surface area contributed by atoms with E-state index in [1.165, 1.54) is 0 Å². The van der Waals surface area contributed by atoms with Crippen molar-refractivity contribution < 1.29 is 5.11 Å². The van der Waals surface area contributed by atoms with Crippen LogP contribution in [0.3, 0.4) is 0 Å². The average molecular weight is 246 g/mol. The van der Waals surface area contributed by atoms with Gasteiger partial charge in [0.05, 0.1) is 12.3 Å². The zero-order chi connectivity index (χ0) is 13.0. The second kappa shape index (κ2) is 5.73. The minimum Gasteiger partial charge on any atom is -0.390 e. The minimum absolute atomic E-state index is 0.0979. The van der Waals surface area contributed by atoms with E-state index in [4.69, 9.17) is 0 Å². The van der Waals surface area contributed by atoms with Crippen molar-refractivity contribution in [2.24, 2.45) is 5.92 Å². The van der Waals surface area contributed by atoms with Crippen molar-refractivity contribution in [3.63, 3.8) is 0 Å². The summed E-state index contributed by atoms with van der Waals surface area (Å²) in [5.41, 5.74) is 2.49. The second-order valence-electron chi connectivity index (χ2n) is 4.68. The summed E-state index contributed by atoms with van der Waals surface area (Å²) in [6, 6.07) is 3.81.